The lowest BCUT2D eigenvalue weighted by atomic mass is 10.1. The summed E-state index contributed by atoms with van der Waals surface area (Å²) in [4.78, 5) is 0. The van der Waals surface area contributed by atoms with E-state index in [0.717, 1.165) is 13.0 Å². The zero-order valence-corrected chi connectivity index (χ0v) is 10.4. The van der Waals surface area contributed by atoms with Gasteiger partial charge in [-0.15, -0.1) is 0 Å². The molecule has 4 rings (SSSR count). The average Bonchev–Trinajstić information content (AvgIpc) is 2.99. The highest BCUT2D eigenvalue weighted by atomic mass is 16.5. The van der Waals surface area contributed by atoms with Gasteiger partial charge in [0.1, 0.15) is 0 Å². The van der Waals surface area contributed by atoms with Crippen LogP contribution in [0.4, 0.5) is 0 Å². The molecule has 18 heavy (non-hydrogen) atoms. The van der Waals surface area contributed by atoms with Gasteiger partial charge in [0.2, 0.25) is 0 Å². The Morgan fingerprint density at radius 2 is 2.11 bits per heavy atom. The summed E-state index contributed by atoms with van der Waals surface area (Å²) in [5, 5.41) is 1.42. The molecule has 1 atom stereocenters. The number of para-hydroxylation sites is 1. The monoisotopic (exact) mass is 239 g/mol. The summed E-state index contributed by atoms with van der Waals surface area (Å²) in [5.74, 6) is 0. The van der Waals surface area contributed by atoms with Crippen LogP contribution in [0.3, 0.4) is 0 Å². The number of ether oxygens (including phenoxy) is 1. The number of rotatable bonds is 1. The van der Waals surface area contributed by atoms with Crippen LogP contribution in [-0.4, -0.2) is 11.2 Å². The number of aryl methyl sites for hydroxylation is 1. The van der Waals surface area contributed by atoms with Crippen molar-refractivity contribution in [1.82, 2.24) is 4.57 Å². The molecule has 2 aliphatic rings. The van der Waals surface area contributed by atoms with Crippen molar-refractivity contribution in [2.45, 2.75) is 31.9 Å². The van der Waals surface area contributed by atoms with E-state index in [1.165, 1.54) is 35.9 Å². The van der Waals surface area contributed by atoms with Crippen molar-refractivity contribution >= 4 is 10.9 Å². The summed E-state index contributed by atoms with van der Waals surface area (Å²) >= 11 is 0. The first-order chi connectivity index (χ1) is 8.95. The van der Waals surface area contributed by atoms with Crippen LogP contribution in [-0.2, 0) is 17.6 Å². The van der Waals surface area contributed by atoms with Gasteiger partial charge in [0.25, 0.3) is 0 Å². The highest BCUT2D eigenvalue weighted by Gasteiger charge is 2.25. The minimum Gasteiger partial charge on any atom is -0.354 e. The molecule has 0 N–H and O–H groups in total. The molecular weight excluding hydrogens is 222 g/mol. The summed E-state index contributed by atoms with van der Waals surface area (Å²) in [6.07, 6.45) is 9.28. The van der Waals surface area contributed by atoms with Crippen LogP contribution in [0.25, 0.3) is 10.9 Å². The minimum absolute atomic E-state index is 0.102. The lowest BCUT2D eigenvalue weighted by molar-refractivity contribution is 0.0336. The lowest BCUT2D eigenvalue weighted by Crippen LogP contribution is -2.16. The maximum atomic E-state index is 5.93. The Balaban J connectivity index is 1.98. The Morgan fingerprint density at radius 3 is 3.00 bits per heavy atom. The molecule has 0 amide bonds. The van der Waals surface area contributed by atoms with Gasteiger partial charge in [-0.05, 0) is 43.4 Å². The van der Waals surface area contributed by atoms with Crippen molar-refractivity contribution < 1.29 is 4.74 Å². The maximum Gasteiger partial charge on any atom is 0.153 e. The first-order valence-corrected chi connectivity index (χ1v) is 6.84. The van der Waals surface area contributed by atoms with E-state index < -0.39 is 0 Å². The zero-order chi connectivity index (χ0) is 11.9. The normalized spacial score (nSPS) is 22.6. The molecule has 0 spiro atoms. The van der Waals surface area contributed by atoms with Crippen LogP contribution in [0.5, 0.6) is 0 Å². The van der Waals surface area contributed by atoms with E-state index in [1.54, 1.807) is 5.56 Å². The lowest BCUT2D eigenvalue weighted by Gasteiger charge is -2.22. The maximum absolute atomic E-state index is 5.93. The van der Waals surface area contributed by atoms with E-state index in [0.29, 0.717) is 0 Å². The summed E-state index contributed by atoms with van der Waals surface area (Å²) in [6.45, 7) is 0.836. The molecule has 0 saturated heterocycles. The Hall–Kier alpha value is -1.54. The number of nitrogens with zero attached hydrogens (tertiary/aromatic N) is 1. The molecule has 2 aromatic rings. The Kier molecular flexibility index (Phi) is 2.30. The first-order valence-electron chi connectivity index (χ1n) is 6.84. The summed E-state index contributed by atoms with van der Waals surface area (Å²) in [7, 11) is 0. The van der Waals surface area contributed by atoms with Gasteiger partial charge >= 0.3 is 0 Å². The number of fused-ring (bicyclic) bond motifs is 3. The molecule has 0 bridgehead atoms. The first kappa shape index (κ1) is 10.4. The molecule has 1 aliphatic heterocycles. The Bertz CT molecular complexity index is 623. The molecule has 0 fully saturated rings. The standard InChI is InChI=1S/C16H17NO/c1-2-8-14-12(6-1)13-7-5-9-15(13)17(14)16-10-3-4-11-18-16/h1-3,6,8,10,16H,4-5,7,9,11H2/t16-/m0/s1. The third-order valence-corrected chi connectivity index (χ3v) is 4.10. The van der Waals surface area contributed by atoms with Gasteiger partial charge in [-0.25, -0.2) is 0 Å². The van der Waals surface area contributed by atoms with Gasteiger partial charge in [0.05, 0.1) is 12.1 Å². The predicted molar refractivity (Wildman–Crippen MR) is 72.7 cm³/mol. The molecule has 0 radical (unpaired) electrons. The predicted octanol–water partition coefficient (Wildman–Crippen LogP) is 3.61. The number of aromatic nitrogens is 1. The van der Waals surface area contributed by atoms with Crippen molar-refractivity contribution in [2.24, 2.45) is 0 Å². The summed E-state index contributed by atoms with van der Waals surface area (Å²) in [5.41, 5.74) is 4.37. The van der Waals surface area contributed by atoms with E-state index in [4.69, 9.17) is 4.74 Å². The molecular formula is C16H17NO. The number of hydrogen-bond donors (Lipinski definition) is 0. The van der Waals surface area contributed by atoms with Crippen LogP contribution in [0.15, 0.2) is 36.4 Å². The van der Waals surface area contributed by atoms with Crippen molar-refractivity contribution in [1.29, 1.82) is 0 Å². The van der Waals surface area contributed by atoms with E-state index >= 15 is 0 Å². The summed E-state index contributed by atoms with van der Waals surface area (Å²) < 4.78 is 8.34. The number of hydrogen-bond acceptors (Lipinski definition) is 1. The Morgan fingerprint density at radius 1 is 1.17 bits per heavy atom. The molecule has 0 saturated carbocycles. The molecule has 1 aliphatic carbocycles. The third-order valence-electron chi connectivity index (χ3n) is 4.10. The fourth-order valence-electron chi connectivity index (χ4n) is 3.34. The second kappa shape index (κ2) is 3.99. The molecule has 2 heteroatoms. The summed E-state index contributed by atoms with van der Waals surface area (Å²) in [6, 6.07) is 8.74. The SMILES string of the molecule is C1=C[C@@H](n2c3c(c4ccccc42)CCC3)OCC1. The average molecular weight is 239 g/mol. The van der Waals surface area contributed by atoms with Crippen LogP contribution in [0.2, 0.25) is 0 Å². The van der Waals surface area contributed by atoms with Gasteiger partial charge in [-0.2, -0.15) is 0 Å². The molecule has 1 aromatic carbocycles. The van der Waals surface area contributed by atoms with Crippen molar-refractivity contribution in [2.75, 3.05) is 6.61 Å². The quantitative estimate of drug-likeness (QED) is 0.693. The molecule has 1 aromatic heterocycles. The molecule has 2 nitrogen and oxygen atoms in total. The van der Waals surface area contributed by atoms with E-state index in [2.05, 4.69) is 41.0 Å². The highest BCUT2D eigenvalue weighted by molar-refractivity contribution is 5.86. The van der Waals surface area contributed by atoms with Crippen LogP contribution in [0, 0.1) is 0 Å². The van der Waals surface area contributed by atoms with E-state index in [1.807, 2.05) is 0 Å². The van der Waals surface area contributed by atoms with Gasteiger partial charge in [0.15, 0.2) is 6.23 Å². The van der Waals surface area contributed by atoms with Gasteiger partial charge in [-0.1, -0.05) is 24.3 Å². The van der Waals surface area contributed by atoms with Crippen LogP contribution < -0.4 is 0 Å². The van der Waals surface area contributed by atoms with E-state index in [-0.39, 0.29) is 6.23 Å². The fourth-order valence-corrected chi connectivity index (χ4v) is 3.34. The molecule has 0 unspecified atom stereocenters. The van der Waals surface area contributed by atoms with Crippen molar-refractivity contribution in [3.63, 3.8) is 0 Å². The topological polar surface area (TPSA) is 14.2 Å². The minimum atomic E-state index is 0.102. The van der Waals surface area contributed by atoms with Crippen molar-refractivity contribution in [3.8, 4) is 0 Å². The smallest absolute Gasteiger partial charge is 0.153 e. The number of benzene rings is 1. The highest BCUT2D eigenvalue weighted by Crippen LogP contribution is 2.36. The fraction of sp³-hybridized carbons (Fsp3) is 0.375. The molecule has 2 heterocycles. The second-order valence-electron chi connectivity index (χ2n) is 5.14. The van der Waals surface area contributed by atoms with Crippen molar-refractivity contribution in [3.05, 3.63) is 47.7 Å². The van der Waals surface area contributed by atoms with Crippen LogP contribution in [0.1, 0.15) is 30.3 Å². The van der Waals surface area contributed by atoms with Gasteiger partial charge < -0.3 is 9.30 Å². The van der Waals surface area contributed by atoms with Gasteiger partial charge in [-0.3, -0.25) is 0 Å². The third kappa shape index (κ3) is 1.39. The Labute approximate surface area is 107 Å². The zero-order valence-electron chi connectivity index (χ0n) is 10.4. The van der Waals surface area contributed by atoms with E-state index in [9.17, 15) is 0 Å². The molecule has 92 valence electrons. The largest absolute Gasteiger partial charge is 0.354 e. The van der Waals surface area contributed by atoms with Crippen LogP contribution >= 0.6 is 0 Å². The van der Waals surface area contributed by atoms with Gasteiger partial charge in [0, 0.05) is 11.1 Å². The second-order valence-corrected chi connectivity index (χ2v) is 5.14.